The van der Waals surface area contributed by atoms with Crippen LogP contribution in [0, 0.1) is 18.3 Å². The van der Waals surface area contributed by atoms with Crippen molar-refractivity contribution in [1.29, 1.82) is 0 Å². The Morgan fingerprint density at radius 1 is 1.55 bits per heavy atom. The van der Waals surface area contributed by atoms with E-state index in [1.807, 2.05) is 5.38 Å². The van der Waals surface area contributed by atoms with Crippen LogP contribution in [-0.4, -0.2) is 36.3 Å². The van der Waals surface area contributed by atoms with Crippen LogP contribution in [0.4, 0.5) is 0 Å². The maximum Gasteiger partial charge on any atom is 0.234 e. The second kappa shape index (κ2) is 6.01. The summed E-state index contributed by atoms with van der Waals surface area (Å²) in [6, 6.07) is 2.06. The molecule has 5 nitrogen and oxygen atoms in total. The summed E-state index contributed by atoms with van der Waals surface area (Å²) in [4.78, 5) is 27.3. The summed E-state index contributed by atoms with van der Waals surface area (Å²) in [5, 5.41) is 5.01. The number of thiophene rings is 1. The molecule has 2 heterocycles. The number of nitrogens with two attached hydrogens (primary N) is 1. The molecule has 2 amide bonds. The van der Waals surface area contributed by atoms with Gasteiger partial charge in [-0.25, -0.2) is 0 Å². The predicted octanol–water partition coefficient (Wildman–Crippen LogP) is 1.26. The first-order chi connectivity index (χ1) is 10.5. The number of rotatable bonds is 5. The van der Waals surface area contributed by atoms with Gasteiger partial charge in [-0.1, -0.05) is 6.42 Å². The van der Waals surface area contributed by atoms with E-state index in [9.17, 15) is 9.59 Å². The van der Waals surface area contributed by atoms with E-state index in [4.69, 9.17) is 5.73 Å². The third kappa shape index (κ3) is 2.77. The lowest BCUT2D eigenvalue weighted by Crippen LogP contribution is -2.42. The van der Waals surface area contributed by atoms with E-state index in [2.05, 4.69) is 23.2 Å². The van der Waals surface area contributed by atoms with E-state index in [1.165, 1.54) is 10.4 Å². The van der Waals surface area contributed by atoms with Crippen LogP contribution >= 0.6 is 11.3 Å². The molecule has 22 heavy (non-hydrogen) atoms. The Labute approximate surface area is 134 Å². The molecule has 0 radical (unpaired) electrons. The lowest BCUT2D eigenvalue weighted by molar-refractivity contribution is -0.128. The first-order valence-electron chi connectivity index (χ1n) is 7.83. The molecule has 2 aliphatic rings. The molecule has 120 valence electrons. The monoisotopic (exact) mass is 321 g/mol. The van der Waals surface area contributed by atoms with E-state index < -0.39 is 0 Å². The number of nitrogens with one attached hydrogen (secondary N) is 1. The van der Waals surface area contributed by atoms with Crippen molar-refractivity contribution in [3.63, 3.8) is 0 Å². The van der Waals surface area contributed by atoms with Gasteiger partial charge in [-0.05, 0) is 42.7 Å². The fraction of sp³-hybridized carbons (Fsp3) is 0.625. The van der Waals surface area contributed by atoms with Gasteiger partial charge < -0.3 is 11.1 Å². The highest BCUT2D eigenvalue weighted by molar-refractivity contribution is 7.10. The standard InChI is InChI=1S/C16H23N3O2S/c1-11-4-6-22-13(11)7-18-14(20)9-19-8-12-3-2-5-16(12,10-19)15(17)21/h4,6,12H,2-3,5,7-10H2,1H3,(H2,17,21)(H,18,20)/t12-,16-/m0/s1. The van der Waals surface area contributed by atoms with Crippen LogP contribution in [-0.2, 0) is 16.1 Å². The van der Waals surface area contributed by atoms with Crippen molar-refractivity contribution in [2.75, 3.05) is 19.6 Å². The number of likely N-dealkylation sites (tertiary alicyclic amines) is 1. The Morgan fingerprint density at radius 2 is 2.36 bits per heavy atom. The Kier molecular flexibility index (Phi) is 4.23. The van der Waals surface area contributed by atoms with E-state index in [0.29, 0.717) is 25.6 Å². The molecule has 1 aliphatic heterocycles. The maximum atomic E-state index is 12.1. The summed E-state index contributed by atoms with van der Waals surface area (Å²) >= 11 is 1.66. The molecule has 1 aromatic rings. The van der Waals surface area contributed by atoms with Crippen molar-refractivity contribution in [1.82, 2.24) is 10.2 Å². The third-order valence-electron chi connectivity index (χ3n) is 5.21. The van der Waals surface area contributed by atoms with Crippen molar-refractivity contribution >= 4 is 23.2 Å². The number of nitrogens with zero attached hydrogens (tertiary/aromatic N) is 1. The average molecular weight is 321 g/mol. The van der Waals surface area contributed by atoms with Gasteiger partial charge in [0.25, 0.3) is 0 Å². The number of carbonyl (C=O) groups is 2. The minimum Gasteiger partial charge on any atom is -0.369 e. The Hall–Kier alpha value is -1.40. The molecule has 6 heteroatoms. The molecular formula is C16H23N3O2S. The molecule has 1 aromatic heterocycles. The van der Waals surface area contributed by atoms with Gasteiger partial charge in [0, 0.05) is 18.0 Å². The molecule has 0 spiro atoms. The summed E-state index contributed by atoms with van der Waals surface area (Å²) in [5.41, 5.74) is 6.47. The number of hydrogen-bond acceptors (Lipinski definition) is 4. The van der Waals surface area contributed by atoms with Gasteiger partial charge in [-0.2, -0.15) is 0 Å². The topological polar surface area (TPSA) is 75.4 Å². The Balaban J connectivity index is 1.53. The van der Waals surface area contributed by atoms with Crippen molar-refractivity contribution in [3.8, 4) is 0 Å². The molecule has 3 rings (SSSR count). The molecule has 0 aromatic carbocycles. The van der Waals surface area contributed by atoms with E-state index in [0.717, 1.165) is 25.8 Å². The third-order valence-corrected chi connectivity index (χ3v) is 6.24. The lowest BCUT2D eigenvalue weighted by Gasteiger charge is -2.24. The van der Waals surface area contributed by atoms with Gasteiger partial charge in [0.05, 0.1) is 18.5 Å². The van der Waals surface area contributed by atoms with Crippen LogP contribution in [0.25, 0.3) is 0 Å². The summed E-state index contributed by atoms with van der Waals surface area (Å²) < 4.78 is 0. The minimum absolute atomic E-state index is 0.0207. The van der Waals surface area contributed by atoms with E-state index >= 15 is 0 Å². The summed E-state index contributed by atoms with van der Waals surface area (Å²) in [6.45, 7) is 4.44. The molecule has 1 saturated heterocycles. The second-order valence-corrected chi connectivity index (χ2v) is 7.58. The van der Waals surface area contributed by atoms with Crippen molar-refractivity contribution in [3.05, 3.63) is 21.9 Å². The first kappa shape index (κ1) is 15.5. The van der Waals surface area contributed by atoms with Gasteiger partial charge in [0.1, 0.15) is 0 Å². The predicted molar refractivity (Wildman–Crippen MR) is 86.3 cm³/mol. The highest BCUT2D eigenvalue weighted by atomic mass is 32.1. The zero-order chi connectivity index (χ0) is 15.7. The average Bonchev–Trinajstić information content (AvgIpc) is 3.10. The molecule has 0 unspecified atom stereocenters. The Bertz CT molecular complexity index is 586. The Morgan fingerprint density at radius 3 is 3.00 bits per heavy atom. The van der Waals surface area contributed by atoms with Crippen LogP contribution in [0.15, 0.2) is 11.4 Å². The maximum absolute atomic E-state index is 12.1. The minimum atomic E-state index is -0.384. The largest absolute Gasteiger partial charge is 0.369 e. The van der Waals surface area contributed by atoms with E-state index in [1.54, 1.807) is 11.3 Å². The molecule has 1 saturated carbocycles. The summed E-state index contributed by atoms with van der Waals surface area (Å²) in [7, 11) is 0. The molecule has 1 aliphatic carbocycles. The second-order valence-electron chi connectivity index (χ2n) is 6.58. The summed E-state index contributed by atoms with van der Waals surface area (Å²) in [5.74, 6) is 0.164. The van der Waals surface area contributed by atoms with E-state index in [-0.39, 0.29) is 17.2 Å². The van der Waals surface area contributed by atoms with Crippen LogP contribution < -0.4 is 11.1 Å². The lowest BCUT2D eigenvalue weighted by atomic mass is 9.80. The number of carbonyl (C=O) groups excluding carboxylic acids is 2. The zero-order valence-electron chi connectivity index (χ0n) is 12.9. The molecular weight excluding hydrogens is 298 g/mol. The van der Waals surface area contributed by atoms with Crippen molar-refractivity contribution in [2.24, 2.45) is 17.1 Å². The number of aryl methyl sites for hydroxylation is 1. The fourth-order valence-corrected chi connectivity index (χ4v) is 4.79. The fourth-order valence-electron chi connectivity index (χ4n) is 3.94. The number of primary amides is 1. The van der Waals surface area contributed by atoms with Crippen LogP contribution in [0.3, 0.4) is 0 Å². The quantitative estimate of drug-likeness (QED) is 0.857. The van der Waals surface area contributed by atoms with Gasteiger partial charge in [0.15, 0.2) is 0 Å². The van der Waals surface area contributed by atoms with Gasteiger partial charge in [0.2, 0.25) is 11.8 Å². The highest BCUT2D eigenvalue weighted by Crippen LogP contribution is 2.48. The van der Waals surface area contributed by atoms with Crippen LogP contribution in [0.5, 0.6) is 0 Å². The zero-order valence-corrected chi connectivity index (χ0v) is 13.7. The van der Waals surface area contributed by atoms with Crippen LogP contribution in [0.1, 0.15) is 29.7 Å². The summed E-state index contributed by atoms with van der Waals surface area (Å²) in [6.07, 6.45) is 3.00. The highest BCUT2D eigenvalue weighted by Gasteiger charge is 2.53. The van der Waals surface area contributed by atoms with Gasteiger partial charge in [-0.15, -0.1) is 11.3 Å². The van der Waals surface area contributed by atoms with Gasteiger partial charge in [-0.3, -0.25) is 14.5 Å². The van der Waals surface area contributed by atoms with Crippen molar-refractivity contribution in [2.45, 2.75) is 32.7 Å². The van der Waals surface area contributed by atoms with Crippen LogP contribution in [0.2, 0.25) is 0 Å². The molecule has 3 N–H and O–H groups in total. The normalized spacial score (nSPS) is 27.8. The molecule has 0 bridgehead atoms. The van der Waals surface area contributed by atoms with Crippen molar-refractivity contribution < 1.29 is 9.59 Å². The first-order valence-corrected chi connectivity index (χ1v) is 8.71. The smallest absolute Gasteiger partial charge is 0.234 e. The molecule has 2 atom stereocenters. The number of amides is 2. The van der Waals surface area contributed by atoms with Gasteiger partial charge >= 0.3 is 0 Å². The molecule has 2 fully saturated rings. The number of hydrogen-bond donors (Lipinski definition) is 2. The SMILES string of the molecule is Cc1ccsc1CNC(=O)CN1C[C@@H]2CCC[C@]2(C(N)=O)C1. The number of fused-ring (bicyclic) bond motifs is 1.